The van der Waals surface area contributed by atoms with Crippen LogP contribution in [0.15, 0.2) is 24.3 Å². The number of likely N-dealkylation sites (N-methyl/N-ethyl adjacent to an activating group) is 1. The zero-order valence-corrected chi connectivity index (χ0v) is 12.7. The fourth-order valence-electron chi connectivity index (χ4n) is 2.63. The zero-order chi connectivity index (χ0) is 15.1. The third kappa shape index (κ3) is 5.27. The van der Waals surface area contributed by atoms with E-state index in [1.54, 1.807) is 6.07 Å². The fourth-order valence-corrected chi connectivity index (χ4v) is 2.63. The summed E-state index contributed by atoms with van der Waals surface area (Å²) in [4.78, 5) is 14.3. The summed E-state index contributed by atoms with van der Waals surface area (Å²) in [5, 5.41) is 3.10. The van der Waals surface area contributed by atoms with Gasteiger partial charge in [-0.05, 0) is 38.1 Å². The number of carbonyl (C=O) groups is 1. The maximum absolute atomic E-state index is 11.9. The van der Waals surface area contributed by atoms with Gasteiger partial charge in [0.2, 0.25) is 5.91 Å². The van der Waals surface area contributed by atoms with Crippen LogP contribution in [0.25, 0.3) is 0 Å². The number of nitrogens with two attached hydrogens (primary N) is 1. The first-order valence-corrected chi connectivity index (χ1v) is 7.67. The lowest BCUT2D eigenvalue weighted by Crippen LogP contribution is -2.47. The number of hydrogen-bond acceptors (Lipinski definition) is 4. The first kappa shape index (κ1) is 15.6. The normalized spacial score (nSPS) is 19.2. The van der Waals surface area contributed by atoms with Gasteiger partial charge in [0.15, 0.2) is 0 Å². The summed E-state index contributed by atoms with van der Waals surface area (Å²) in [6.45, 7) is 5.67. The molecule has 1 atom stereocenters. The molecule has 1 amide bonds. The molecule has 5 heteroatoms. The lowest BCUT2D eigenvalue weighted by Gasteiger charge is -2.32. The van der Waals surface area contributed by atoms with Gasteiger partial charge in [-0.25, -0.2) is 0 Å². The molecule has 0 bridgehead atoms. The van der Waals surface area contributed by atoms with Crippen LogP contribution in [-0.2, 0) is 4.79 Å². The Kier molecular flexibility index (Phi) is 5.87. The largest absolute Gasteiger partial charge is 0.493 e. The van der Waals surface area contributed by atoms with Crippen molar-refractivity contribution >= 4 is 11.6 Å². The molecule has 116 valence electrons. The van der Waals surface area contributed by atoms with E-state index in [2.05, 4.69) is 17.1 Å². The Morgan fingerprint density at radius 1 is 1.52 bits per heavy atom. The van der Waals surface area contributed by atoms with Gasteiger partial charge in [0.25, 0.3) is 0 Å². The third-order valence-corrected chi connectivity index (χ3v) is 3.77. The number of benzene rings is 1. The Hall–Kier alpha value is -1.75. The fraction of sp³-hybridized carbons (Fsp3) is 0.562. The maximum Gasteiger partial charge on any atom is 0.223 e. The maximum atomic E-state index is 11.9. The van der Waals surface area contributed by atoms with Gasteiger partial charge in [-0.15, -0.1) is 0 Å². The van der Waals surface area contributed by atoms with Crippen LogP contribution >= 0.6 is 0 Å². The molecule has 21 heavy (non-hydrogen) atoms. The molecule has 1 heterocycles. The molecule has 1 aliphatic rings. The molecule has 5 nitrogen and oxygen atoms in total. The van der Waals surface area contributed by atoms with Crippen LogP contribution < -0.4 is 15.8 Å². The molecule has 0 aromatic heterocycles. The van der Waals surface area contributed by atoms with E-state index in [1.807, 2.05) is 18.2 Å². The van der Waals surface area contributed by atoms with Gasteiger partial charge in [0.1, 0.15) is 5.75 Å². The van der Waals surface area contributed by atoms with Gasteiger partial charge >= 0.3 is 0 Å². The average Bonchev–Trinajstić information content (AvgIpc) is 2.47. The van der Waals surface area contributed by atoms with Crippen molar-refractivity contribution in [3.8, 4) is 5.75 Å². The minimum atomic E-state index is 0.0573. The highest BCUT2D eigenvalue weighted by molar-refractivity contribution is 5.76. The highest BCUT2D eigenvalue weighted by atomic mass is 16.5. The van der Waals surface area contributed by atoms with Gasteiger partial charge in [-0.3, -0.25) is 4.79 Å². The molecule has 1 aliphatic heterocycles. The monoisotopic (exact) mass is 291 g/mol. The van der Waals surface area contributed by atoms with E-state index in [4.69, 9.17) is 10.5 Å². The highest BCUT2D eigenvalue weighted by Crippen LogP contribution is 2.14. The summed E-state index contributed by atoms with van der Waals surface area (Å²) in [6, 6.07) is 7.53. The number of rotatable bonds is 6. The van der Waals surface area contributed by atoms with E-state index in [0.717, 1.165) is 32.5 Å². The number of nitrogens with one attached hydrogen (secondary N) is 1. The van der Waals surface area contributed by atoms with Crippen molar-refractivity contribution in [3.05, 3.63) is 24.3 Å². The molecule has 0 radical (unpaired) electrons. The van der Waals surface area contributed by atoms with Crippen LogP contribution in [0.3, 0.4) is 0 Å². The summed E-state index contributed by atoms with van der Waals surface area (Å²) in [5.74, 6) is 0.763. The molecule has 1 fully saturated rings. The predicted molar refractivity (Wildman–Crippen MR) is 84.2 cm³/mol. The number of carbonyl (C=O) groups excluding carboxylic acids is 1. The Balaban J connectivity index is 1.67. The van der Waals surface area contributed by atoms with Crippen molar-refractivity contribution < 1.29 is 9.53 Å². The number of nitrogens with zero attached hydrogens (tertiary/aromatic N) is 1. The van der Waals surface area contributed by atoms with E-state index < -0.39 is 0 Å². The van der Waals surface area contributed by atoms with Crippen LogP contribution in [0.4, 0.5) is 5.69 Å². The van der Waals surface area contributed by atoms with Crippen LogP contribution in [0.2, 0.25) is 0 Å². The van der Waals surface area contributed by atoms with Crippen molar-refractivity contribution in [2.75, 3.05) is 32.0 Å². The highest BCUT2D eigenvalue weighted by Gasteiger charge is 2.19. The molecular formula is C16H25N3O2. The van der Waals surface area contributed by atoms with E-state index in [-0.39, 0.29) is 11.9 Å². The van der Waals surface area contributed by atoms with Crippen molar-refractivity contribution in [3.63, 3.8) is 0 Å². The quantitative estimate of drug-likeness (QED) is 0.782. The van der Waals surface area contributed by atoms with Crippen LogP contribution in [0, 0.1) is 0 Å². The van der Waals surface area contributed by atoms with Gasteiger partial charge < -0.3 is 20.7 Å². The smallest absolute Gasteiger partial charge is 0.223 e. The molecule has 0 aliphatic carbocycles. The van der Waals surface area contributed by atoms with Crippen LogP contribution in [-0.4, -0.2) is 43.1 Å². The predicted octanol–water partition coefficient (Wildman–Crippen LogP) is 1.64. The number of likely N-dealkylation sites (tertiary alicyclic amines) is 1. The van der Waals surface area contributed by atoms with E-state index >= 15 is 0 Å². The van der Waals surface area contributed by atoms with E-state index in [9.17, 15) is 4.79 Å². The van der Waals surface area contributed by atoms with Crippen molar-refractivity contribution in [1.82, 2.24) is 10.2 Å². The minimum Gasteiger partial charge on any atom is -0.493 e. The average molecular weight is 291 g/mol. The van der Waals surface area contributed by atoms with Gasteiger partial charge in [-0.2, -0.15) is 0 Å². The molecule has 2 rings (SSSR count). The summed E-state index contributed by atoms with van der Waals surface area (Å²) < 4.78 is 5.54. The minimum absolute atomic E-state index is 0.0573. The second-order valence-electron chi connectivity index (χ2n) is 5.47. The summed E-state index contributed by atoms with van der Waals surface area (Å²) in [6.07, 6.45) is 2.59. The second-order valence-corrected chi connectivity index (χ2v) is 5.47. The molecular weight excluding hydrogens is 266 g/mol. The summed E-state index contributed by atoms with van der Waals surface area (Å²) in [5.41, 5.74) is 6.34. The number of nitrogen functional groups attached to an aromatic ring is 1. The van der Waals surface area contributed by atoms with Crippen molar-refractivity contribution in [2.24, 2.45) is 0 Å². The summed E-state index contributed by atoms with van der Waals surface area (Å²) in [7, 11) is 0. The molecule has 1 unspecified atom stereocenters. The Bertz CT molecular complexity index is 465. The number of piperidine rings is 1. The lowest BCUT2D eigenvalue weighted by atomic mass is 10.1. The molecule has 0 spiro atoms. The number of hydrogen-bond donors (Lipinski definition) is 2. The summed E-state index contributed by atoms with van der Waals surface area (Å²) >= 11 is 0. The lowest BCUT2D eigenvalue weighted by molar-refractivity contribution is -0.122. The van der Waals surface area contributed by atoms with Crippen molar-refractivity contribution in [1.29, 1.82) is 0 Å². The van der Waals surface area contributed by atoms with Crippen LogP contribution in [0.5, 0.6) is 5.75 Å². The van der Waals surface area contributed by atoms with Gasteiger partial charge in [-0.1, -0.05) is 13.0 Å². The number of amides is 1. The zero-order valence-electron chi connectivity index (χ0n) is 12.7. The first-order chi connectivity index (χ1) is 10.2. The van der Waals surface area contributed by atoms with Crippen molar-refractivity contribution in [2.45, 2.75) is 32.2 Å². The Morgan fingerprint density at radius 3 is 3.14 bits per heavy atom. The topological polar surface area (TPSA) is 67.6 Å². The number of ether oxygens (including phenoxy) is 1. The Labute approximate surface area is 126 Å². The molecule has 3 N–H and O–H groups in total. The SMILES string of the molecule is CCN1CCCC(NC(=O)CCOc2cccc(N)c2)C1. The second kappa shape index (κ2) is 7.88. The first-order valence-electron chi connectivity index (χ1n) is 7.67. The van der Waals surface area contributed by atoms with E-state index in [1.165, 1.54) is 0 Å². The number of anilines is 1. The van der Waals surface area contributed by atoms with Gasteiger partial charge in [0.05, 0.1) is 13.0 Å². The van der Waals surface area contributed by atoms with E-state index in [0.29, 0.717) is 24.5 Å². The van der Waals surface area contributed by atoms with Gasteiger partial charge in [0, 0.05) is 24.3 Å². The Morgan fingerprint density at radius 2 is 2.38 bits per heavy atom. The van der Waals surface area contributed by atoms with Crippen LogP contribution in [0.1, 0.15) is 26.2 Å². The molecule has 1 aromatic carbocycles. The standard InChI is InChI=1S/C16H25N3O2/c1-2-19-9-4-6-14(12-19)18-16(20)8-10-21-15-7-3-5-13(17)11-15/h3,5,7,11,14H,2,4,6,8-10,12,17H2,1H3,(H,18,20). The molecule has 1 aromatic rings. The molecule has 0 saturated carbocycles. The third-order valence-electron chi connectivity index (χ3n) is 3.77. The molecule has 1 saturated heterocycles.